The van der Waals surface area contributed by atoms with Crippen LogP contribution < -0.4 is 25.0 Å². The summed E-state index contributed by atoms with van der Waals surface area (Å²) in [7, 11) is 3.54. The highest BCUT2D eigenvalue weighted by atomic mass is 16.5. The number of rotatable bonds is 15. The number of hydrogen-bond donors (Lipinski definition) is 2. The third-order valence-electron chi connectivity index (χ3n) is 5.85. The molecule has 2 atom stereocenters. The molecular weight excluding hydrogens is 472 g/mol. The molecule has 6 nitrogen and oxygen atoms in total. The number of nitrogens with zero attached hydrogens (tertiary/aromatic N) is 2. The van der Waals surface area contributed by atoms with E-state index in [4.69, 9.17) is 9.47 Å². The third-order valence-corrected chi connectivity index (χ3v) is 5.85. The molecule has 0 heterocycles. The topological polar surface area (TPSA) is 58.1 Å². The van der Waals surface area contributed by atoms with Gasteiger partial charge in [-0.1, -0.05) is 64.3 Å². The van der Waals surface area contributed by atoms with Crippen molar-refractivity contribution in [3.63, 3.8) is 0 Å². The normalized spacial score (nSPS) is 15.2. The van der Waals surface area contributed by atoms with Crippen LogP contribution in [-0.4, -0.2) is 52.7 Å². The fourth-order valence-corrected chi connectivity index (χ4v) is 3.84. The van der Waals surface area contributed by atoms with E-state index in [1.54, 1.807) is 19.5 Å². The lowest BCUT2D eigenvalue weighted by Gasteiger charge is -2.25. The second kappa shape index (κ2) is 23.4. The van der Waals surface area contributed by atoms with Crippen LogP contribution >= 0.6 is 0 Å². The summed E-state index contributed by atoms with van der Waals surface area (Å²) < 4.78 is 11.7. The second-order valence-corrected chi connectivity index (χ2v) is 9.15. The van der Waals surface area contributed by atoms with Crippen molar-refractivity contribution in [1.29, 1.82) is 0 Å². The summed E-state index contributed by atoms with van der Waals surface area (Å²) in [6.07, 6.45) is 16.9. The summed E-state index contributed by atoms with van der Waals surface area (Å²) in [6, 6.07) is 6.18. The number of benzene rings is 1. The van der Waals surface area contributed by atoms with Crippen molar-refractivity contribution in [1.82, 2.24) is 10.6 Å². The maximum absolute atomic E-state index is 6.17. The number of aliphatic imine (C=N–C) groups is 1. The average molecular weight is 529 g/mol. The first-order valence-electron chi connectivity index (χ1n) is 14.4. The van der Waals surface area contributed by atoms with E-state index in [1.807, 2.05) is 33.2 Å². The number of likely N-dealkylation sites (N-methyl/N-ethyl adjacent to an activating group) is 1. The van der Waals surface area contributed by atoms with Crippen LogP contribution in [0.25, 0.3) is 0 Å². The Morgan fingerprint density at radius 3 is 2.55 bits per heavy atom. The number of unbranched alkanes of at least 4 members (excludes halogenated alkanes) is 1. The molecule has 0 fully saturated rings. The highest BCUT2D eigenvalue weighted by Crippen LogP contribution is 2.33. The van der Waals surface area contributed by atoms with Crippen LogP contribution in [-0.2, 0) is 0 Å². The molecule has 0 aromatic heterocycles. The molecule has 0 spiro atoms. The zero-order valence-corrected chi connectivity index (χ0v) is 25.7. The standard InChI is InChI=1S/C22H38N4O2.C8H12.C2H6/c1-6-8-9-19(3)28-22-18-20(10-11-21(22)27-5)26(7-2)17-16-25-15-14-24-13-12-23-4;1-7-4-3-5-8(2)6-7;1-2/h10-14,18-19,23,25H,6-9,15-17H2,1-5H3;3-4,6,8H,5H2,1-2H3;1-2H3/b13-12-,24-14?;;. The summed E-state index contributed by atoms with van der Waals surface area (Å²) in [6.45, 7) is 18.3. The molecule has 0 aliphatic heterocycles. The first kappa shape index (κ1) is 35.3. The van der Waals surface area contributed by atoms with Crippen molar-refractivity contribution in [2.75, 3.05) is 45.2 Å². The molecule has 38 heavy (non-hydrogen) atoms. The minimum Gasteiger partial charge on any atom is -0.493 e. The number of allylic oxidation sites excluding steroid dienone is 4. The predicted molar refractivity (Wildman–Crippen MR) is 168 cm³/mol. The molecule has 0 amide bonds. The molecule has 2 N–H and O–H groups in total. The van der Waals surface area contributed by atoms with E-state index < -0.39 is 0 Å². The Hall–Kier alpha value is -2.73. The van der Waals surface area contributed by atoms with Crippen LogP contribution in [0.2, 0.25) is 0 Å². The van der Waals surface area contributed by atoms with Gasteiger partial charge in [-0.25, -0.2) is 0 Å². The molecule has 0 bridgehead atoms. The SMILES string of the molecule is CC.CC1=CC(C)CC=C1.CCCCC(C)Oc1cc(N(CC)CCNCC=N/C=C\NC)ccc1OC. The van der Waals surface area contributed by atoms with Crippen molar-refractivity contribution in [2.45, 2.75) is 80.3 Å². The minimum atomic E-state index is 0.178. The van der Waals surface area contributed by atoms with Crippen LogP contribution in [0.15, 0.2) is 59.4 Å². The fourth-order valence-electron chi connectivity index (χ4n) is 3.84. The molecule has 216 valence electrons. The maximum Gasteiger partial charge on any atom is 0.163 e. The number of methoxy groups -OCH3 is 1. The summed E-state index contributed by atoms with van der Waals surface area (Å²) in [5.41, 5.74) is 2.55. The summed E-state index contributed by atoms with van der Waals surface area (Å²) in [5, 5.41) is 6.29. The van der Waals surface area contributed by atoms with Gasteiger partial charge in [0.15, 0.2) is 11.5 Å². The summed E-state index contributed by atoms with van der Waals surface area (Å²) in [5.74, 6) is 2.37. The van der Waals surface area contributed by atoms with Crippen LogP contribution in [0.3, 0.4) is 0 Å². The predicted octanol–water partition coefficient (Wildman–Crippen LogP) is 7.38. The van der Waals surface area contributed by atoms with Gasteiger partial charge in [0, 0.05) is 63.6 Å². The first-order chi connectivity index (χ1) is 18.4. The van der Waals surface area contributed by atoms with Gasteiger partial charge in [0.25, 0.3) is 0 Å². The molecule has 6 heteroatoms. The van der Waals surface area contributed by atoms with Gasteiger partial charge in [-0.2, -0.15) is 0 Å². The third kappa shape index (κ3) is 16.2. The number of nitrogens with one attached hydrogen (secondary N) is 2. The zero-order valence-electron chi connectivity index (χ0n) is 25.7. The van der Waals surface area contributed by atoms with Crippen molar-refractivity contribution in [3.8, 4) is 11.5 Å². The minimum absolute atomic E-state index is 0.178. The van der Waals surface area contributed by atoms with Gasteiger partial charge in [-0.05, 0) is 51.7 Å². The Labute approximate surface area is 234 Å². The lowest BCUT2D eigenvalue weighted by molar-refractivity contribution is 0.198. The van der Waals surface area contributed by atoms with E-state index in [2.05, 4.69) is 85.5 Å². The molecule has 0 radical (unpaired) electrons. The number of hydrogen-bond acceptors (Lipinski definition) is 6. The van der Waals surface area contributed by atoms with E-state index in [1.165, 1.54) is 24.8 Å². The van der Waals surface area contributed by atoms with Gasteiger partial charge >= 0.3 is 0 Å². The van der Waals surface area contributed by atoms with E-state index in [9.17, 15) is 0 Å². The van der Waals surface area contributed by atoms with Crippen molar-refractivity contribution in [2.24, 2.45) is 10.9 Å². The monoisotopic (exact) mass is 528 g/mol. The van der Waals surface area contributed by atoms with Crippen LogP contribution in [0.1, 0.15) is 74.1 Å². The summed E-state index contributed by atoms with van der Waals surface area (Å²) in [4.78, 5) is 6.49. The lowest BCUT2D eigenvalue weighted by atomic mass is 9.99. The van der Waals surface area contributed by atoms with E-state index >= 15 is 0 Å². The Kier molecular flexibility index (Phi) is 21.7. The molecule has 0 saturated heterocycles. The van der Waals surface area contributed by atoms with Crippen LogP contribution in [0, 0.1) is 5.92 Å². The Morgan fingerprint density at radius 2 is 1.97 bits per heavy atom. The van der Waals surface area contributed by atoms with Gasteiger partial charge in [-0.3, -0.25) is 4.99 Å². The van der Waals surface area contributed by atoms with Gasteiger partial charge in [0.2, 0.25) is 0 Å². The van der Waals surface area contributed by atoms with Crippen molar-refractivity contribution >= 4 is 11.9 Å². The molecule has 1 aliphatic rings. The van der Waals surface area contributed by atoms with E-state index in [-0.39, 0.29) is 6.10 Å². The van der Waals surface area contributed by atoms with Gasteiger partial charge in [0.05, 0.1) is 13.2 Å². The average Bonchev–Trinajstić information content (AvgIpc) is 2.92. The maximum atomic E-state index is 6.17. The van der Waals surface area contributed by atoms with E-state index in [0.29, 0.717) is 0 Å². The zero-order chi connectivity index (χ0) is 28.6. The fraction of sp³-hybridized carbons (Fsp3) is 0.594. The van der Waals surface area contributed by atoms with Crippen molar-refractivity contribution < 1.29 is 9.47 Å². The number of ether oxygens (including phenoxy) is 2. The van der Waals surface area contributed by atoms with Crippen LogP contribution in [0.5, 0.6) is 11.5 Å². The van der Waals surface area contributed by atoms with Crippen LogP contribution in [0.4, 0.5) is 5.69 Å². The Morgan fingerprint density at radius 1 is 1.21 bits per heavy atom. The largest absolute Gasteiger partial charge is 0.493 e. The van der Waals surface area contributed by atoms with Gasteiger partial charge in [0.1, 0.15) is 0 Å². The molecule has 1 aliphatic carbocycles. The Bertz CT molecular complexity index is 833. The smallest absolute Gasteiger partial charge is 0.163 e. The lowest BCUT2D eigenvalue weighted by Crippen LogP contribution is -2.32. The number of anilines is 1. The van der Waals surface area contributed by atoms with Crippen molar-refractivity contribution in [3.05, 3.63) is 54.4 Å². The molecular formula is C32H56N4O2. The first-order valence-corrected chi connectivity index (χ1v) is 14.4. The molecule has 1 aromatic carbocycles. The molecule has 2 unspecified atom stereocenters. The molecule has 2 rings (SSSR count). The van der Waals surface area contributed by atoms with Gasteiger partial charge in [-0.15, -0.1) is 0 Å². The second-order valence-electron chi connectivity index (χ2n) is 9.15. The van der Waals surface area contributed by atoms with E-state index in [0.717, 1.165) is 55.7 Å². The quantitative estimate of drug-likeness (QED) is 0.184. The molecule has 0 saturated carbocycles. The summed E-state index contributed by atoms with van der Waals surface area (Å²) >= 11 is 0. The van der Waals surface area contributed by atoms with Gasteiger partial charge < -0.3 is 25.0 Å². The molecule has 1 aromatic rings. The highest BCUT2D eigenvalue weighted by Gasteiger charge is 2.13. The Balaban J connectivity index is 0.00000114. The highest BCUT2D eigenvalue weighted by molar-refractivity contribution is 5.60.